The summed E-state index contributed by atoms with van der Waals surface area (Å²) in [5, 5.41) is 0. The molecule has 1 heteroatoms. The standard InChI is InChI=1S/C11H15N.2C2H6/c1-9-7-8-10-5-3-4-6-11(10)12(9)2;2*1-2/h3-6,9H,7-8H2,1-2H3;2*1-2H3. The Morgan fingerprint density at radius 2 is 1.62 bits per heavy atom. The van der Waals surface area contributed by atoms with E-state index in [-0.39, 0.29) is 0 Å². The highest BCUT2D eigenvalue weighted by Gasteiger charge is 2.18. The molecule has 2 rings (SSSR count). The lowest BCUT2D eigenvalue weighted by molar-refractivity contribution is 0.598. The van der Waals surface area contributed by atoms with Crippen LogP contribution in [0.2, 0.25) is 0 Å². The van der Waals surface area contributed by atoms with Crippen molar-refractivity contribution in [3.05, 3.63) is 29.8 Å². The molecule has 0 spiro atoms. The van der Waals surface area contributed by atoms with E-state index in [9.17, 15) is 0 Å². The summed E-state index contributed by atoms with van der Waals surface area (Å²) in [6.07, 6.45) is 2.52. The maximum Gasteiger partial charge on any atom is 0.0398 e. The van der Waals surface area contributed by atoms with Crippen LogP contribution in [0.3, 0.4) is 0 Å². The fourth-order valence-electron chi connectivity index (χ4n) is 1.86. The van der Waals surface area contributed by atoms with Crippen LogP contribution in [0.1, 0.15) is 46.6 Å². The Balaban J connectivity index is 0.000000509. The zero-order chi connectivity index (χ0) is 12.6. The molecule has 92 valence electrons. The van der Waals surface area contributed by atoms with Gasteiger partial charge in [-0.2, -0.15) is 0 Å². The van der Waals surface area contributed by atoms with Crippen molar-refractivity contribution in [1.29, 1.82) is 0 Å². The Labute approximate surface area is 101 Å². The van der Waals surface area contributed by atoms with Gasteiger partial charge in [-0.3, -0.25) is 0 Å². The summed E-state index contributed by atoms with van der Waals surface area (Å²) in [6, 6.07) is 9.39. The monoisotopic (exact) mass is 221 g/mol. The second-order valence-corrected chi connectivity index (χ2v) is 3.63. The van der Waals surface area contributed by atoms with Crippen molar-refractivity contribution >= 4 is 5.69 Å². The van der Waals surface area contributed by atoms with Crippen LogP contribution < -0.4 is 4.90 Å². The summed E-state index contributed by atoms with van der Waals surface area (Å²) >= 11 is 0. The van der Waals surface area contributed by atoms with Crippen LogP contribution in [-0.2, 0) is 6.42 Å². The minimum Gasteiger partial charge on any atom is -0.372 e. The third kappa shape index (κ3) is 3.55. The average molecular weight is 221 g/mol. The molecule has 0 N–H and O–H groups in total. The second kappa shape index (κ2) is 8.20. The number of rotatable bonds is 0. The summed E-state index contributed by atoms with van der Waals surface area (Å²) in [7, 11) is 2.18. The van der Waals surface area contributed by atoms with E-state index < -0.39 is 0 Å². The first-order chi connectivity index (χ1) is 7.79. The molecular weight excluding hydrogens is 194 g/mol. The maximum atomic E-state index is 2.37. The second-order valence-electron chi connectivity index (χ2n) is 3.63. The van der Waals surface area contributed by atoms with E-state index >= 15 is 0 Å². The van der Waals surface area contributed by atoms with Gasteiger partial charge in [0.1, 0.15) is 0 Å². The molecule has 0 bridgehead atoms. The van der Waals surface area contributed by atoms with Crippen molar-refractivity contribution in [1.82, 2.24) is 0 Å². The normalized spacial score (nSPS) is 17.4. The predicted molar refractivity (Wildman–Crippen MR) is 75.3 cm³/mol. The van der Waals surface area contributed by atoms with E-state index in [0.717, 1.165) is 0 Å². The molecule has 1 aromatic rings. The first kappa shape index (κ1) is 15.0. The highest BCUT2D eigenvalue weighted by Crippen LogP contribution is 2.28. The van der Waals surface area contributed by atoms with E-state index in [1.807, 2.05) is 27.7 Å². The van der Waals surface area contributed by atoms with Crippen molar-refractivity contribution < 1.29 is 0 Å². The van der Waals surface area contributed by atoms with Gasteiger partial charge in [0.25, 0.3) is 0 Å². The SMILES string of the molecule is CC.CC.CC1CCc2ccccc2N1C. The highest BCUT2D eigenvalue weighted by molar-refractivity contribution is 5.55. The summed E-state index contributed by atoms with van der Waals surface area (Å²) in [5.74, 6) is 0. The van der Waals surface area contributed by atoms with Gasteiger partial charge in [0, 0.05) is 18.8 Å². The molecule has 0 saturated carbocycles. The Bertz CT molecular complexity index is 281. The van der Waals surface area contributed by atoms with Crippen molar-refractivity contribution in [3.63, 3.8) is 0 Å². The highest BCUT2D eigenvalue weighted by atomic mass is 15.1. The number of para-hydroxylation sites is 1. The molecule has 0 saturated heterocycles. The maximum absolute atomic E-state index is 2.37. The van der Waals surface area contributed by atoms with Crippen LogP contribution in [-0.4, -0.2) is 13.1 Å². The fraction of sp³-hybridized carbons (Fsp3) is 0.600. The first-order valence-electron chi connectivity index (χ1n) is 6.60. The van der Waals surface area contributed by atoms with Gasteiger partial charge >= 0.3 is 0 Å². The molecule has 1 nitrogen and oxygen atoms in total. The van der Waals surface area contributed by atoms with Crippen LogP contribution in [0.4, 0.5) is 5.69 Å². The zero-order valence-electron chi connectivity index (χ0n) is 11.7. The molecule has 1 atom stereocenters. The van der Waals surface area contributed by atoms with Gasteiger partial charge < -0.3 is 4.90 Å². The van der Waals surface area contributed by atoms with Gasteiger partial charge in [0.05, 0.1) is 0 Å². The van der Waals surface area contributed by atoms with Crippen molar-refractivity contribution in [3.8, 4) is 0 Å². The molecular formula is C15H27N. The van der Waals surface area contributed by atoms with Gasteiger partial charge in [-0.25, -0.2) is 0 Å². The van der Waals surface area contributed by atoms with E-state index in [4.69, 9.17) is 0 Å². The number of hydrogen-bond acceptors (Lipinski definition) is 1. The third-order valence-corrected chi connectivity index (χ3v) is 2.86. The van der Waals surface area contributed by atoms with Gasteiger partial charge in [-0.05, 0) is 31.4 Å². The minimum absolute atomic E-state index is 0.694. The Kier molecular flexibility index (Phi) is 7.70. The van der Waals surface area contributed by atoms with Crippen LogP contribution in [0.5, 0.6) is 0 Å². The van der Waals surface area contributed by atoms with Crippen molar-refractivity contribution in [2.45, 2.75) is 53.5 Å². The fourth-order valence-corrected chi connectivity index (χ4v) is 1.86. The van der Waals surface area contributed by atoms with Gasteiger partial charge in [0.15, 0.2) is 0 Å². The Morgan fingerprint density at radius 3 is 2.25 bits per heavy atom. The smallest absolute Gasteiger partial charge is 0.0398 e. The molecule has 0 aliphatic carbocycles. The van der Waals surface area contributed by atoms with Gasteiger partial charge in [-0.1, -0.05) is 45.9 Å². The average Bonchev–Trinajstić information content (AvgIpc) is 2.39. The number of anilines is 1. The number of hydrogen-bond donors (Lipinski definition) is 0. The number of fused-ring (bicyclic) bond motifs is 1. The van der Waals surface area contributed by atoms with Crippen molar-refractivity contribution in [2.24, 2.45) is 0 Å². The van der Waals surface area contributed by atoms with E-state index in [2.05, 4.69) is 43.1 Å². The van der Waals surface area contributed by atoms with Crippen LogP contribution >= 0.6 is 0 Å². The van der Waals surface area contributed by atoms with Crippen LogP contribution in [0.15, 0.2) is 24.3 Å². The first-order valence-corrected chi connectivity index (χ1v) is 6.60. The summed E-state index contributed by atoms with van der Waals surface area (Å²) in [5.41, 5.74) is 2.91. The number of aryl methyl sites for hydroxylation is 1. The molecule has 1 aliphatic rings. The van der Waals surface area contributed by atoms with Crippen LogP contribution in [0.25, 0.3) is 0 Å². The molecule has 1 aliphatic heterocycles. The zero-order valence-corrected chi connectivity index (χ0v) is 11.7. The third-order valence-electron chi connectivity index (χ3n) is 2.86. The number of benzene rings is 1. The minimum atomic E-state index is 0.694. The Morgan fingerprint density at radius 1 is 1.06 bits per heavy atom. The predicted octanol–water partition coefficient (Wildman–Crippen LogP) is 4.51. The lowest BCUT2D eigenvalue weighted by Crippen LogP contribution is -2.33. The van der Waals surface area contributed by atoms with Gasteiger partial charge in [0.2, 0.25) is 0 Å². The molecule has 0 aromatic heterocycles. The topological polar surface area (TPSA) is 3.24 Å². The number of nitrogens with zero attached hydrogens (tertiary/aromatic N) is 1. The molecule has 1 heterocycles. The summed E-state index contributed by atoms with van der Waals surface area (Å²) < 4.78 is 0. The van der Waals surface area contributed by atoms with Crippen LogP contribution in [0, 0.1) is 0 Å². The van der Waals surface area contributed by atoms with E-state index in [1.165, 1.54) is 24.1 Å². The molecule has 16 heavy (non-hydrogen) atoms. The largest absolute Gasteiger partial charge is 0.372 e. The molecule has 0 fully saturated rings. The summed E-state index contributed by atoms with van der Waals surface area (Å²) in [6.45, 7) is 10.3. The van der Waals surface area contributed by atoms with Gasteiger partial charge in [-0.15, -0.1) is 0 Å². The molecule has 0 radical (unpaired) electrons. The van der Waals surface area contributed by atoms with Crippen molar-refractivity contribution in [2.75, 3.05) is 11.9 Å². The molecule has 0 amide bonds. The lowest BCUT2D eigenvalue weighted by atomic mass is 9.97. The van der Waals surface area contributed by atoms with E-state index in [1.54, 1.807) is 0 Å². The molecule has 1 aromatic carbocycles. The van der Waals surface area contributed by atoms with E-state index in [0.29, 0.717) is 6.04 Å². The molecule has 1 unspecified atom stereocenters. The lowest BCUT2D eigenvalue weighted by Gasteiger charge is -2.33. The Hall–Kier alpha value is -0.980. The quantitative estimate of drug-likeness (QED) is 0.623. The summed E-state index contributed by atoms with van der Waals surface area (Å²) in [4.78, 5) is 2.37.